The maximum Gasteiger partial charge on any atom is 0.264 e. The first-order valence-corrected chi connectivity index (χ1v) is 8.04. The van der Waals surface area contributed by atoms with Gasteiger partial charge in [-0.25, -0.2) is 0 Å². The Kier molecular flexibility index (Phi) is 5.09. The summed E-state index contributed by atoms with van der Waals surface area (Å²) in [6, 6.07) is 17.0. The topological polar surface area (TPSA) is 79.8 Å². The zero-order valence-electron chi connectivity index (χ0n) is 13.9. The maximum absolute atomic E-state index is 12.2. The van der Waals surface area contributed by atoms with Crippen molar-refractivity contribution in [1.82, 2.24) is 5.32 Å². The van der Waals surface area contributed by atoms with Gasteiger partial charge in [0.15, 0.2) is 0 Å². The van der Waals surface area contributed by atoms with E-state index in [-0.39, 0.29) is 11.8 Å². The summed E-state index contributed by atoms with van der Waals surface area (Å²) in [4.78, 5) is 28.5. The van der Waals surface area contributed by atoms with Gasteiger partial charge in [0.1, 0.15) is 0 Å². The molecule has 1 heterocycles. The number of hydrogen-bond donors (Lipinski definition) is 2. The number of rotatable bonds is 5. The molecule has 1 aliphatic heterocycles. The molecule has 0 saturated heterocycles. The smallest absolute Gasteiger partial charge is 0.264 e. The van der Waals surface area contributed by atoms with E-state index in [1.54, 1.807) is 12.1 Å². The van der Waals surface area contributed by atoms with Gasteiger partial charge in [-0.15, -0.1) is 0 Å². The van der Waals surface area contributed by atoms with Crippen LogP contribution < -0.4 is 10.6 Å². The molecule has 0 bridgehead atoms. The van der Waals surface area contributed by atoms with Gasteiger partial charge in [0.05, 0.1) is 5.71 Å². The van der Waals surface area contributed by atoms with Crippen LogP contribution in [0.15, 0.2) is 59.8 Å². The first-order chi connectivity index (χ1) is 12.1. The Morgan fingerprint density at radius 2 is 1.84 bits per heavy atom. The molecule has 2 aromatic rings. The van der Waals surface area contributed by atoms with Crippen molar-refractivity contribution < 1.29 is 14.4 Å². The van der Waals surface area contributed by atoms with Crippen LogP contribution in [-0.2, 0) is 21.0 Å². The third kappa shape index (κ3) is 4.44. The van der Waals surface area contributed by atoms with E-state index < -0.39 is 6.10 Å². The van der Waals surface area contributed by atoms with Gasteiger partial charge in [0.2, 0.25) is 12.0 Å². The van der Waals surface area contributed by atoms with Crippen molar-refractivity contribution >= 4 is 23.2 Å². The highest BCUT2D eigenvalue weighted by Crippen LogP contribution is 2.19. The van der Waals surface area contributed by atoms with Crippen LogP contribution in [0.2, 0.25) is 0 Å². The number of nitrogens with one attached hydrogen (secondary N) is 2. The maximum atomic E-state index is 12.2. The van der Waals surface area contributed by atoms with Crippen molar-refractivity contribution in [2.75, 3.05) is 5.32 Å². The average molecular weight is 337 g/mol. The molecule has 1 aliphatic rings. The lowest BCUT2D eigenvalue weighted by molar-refractivity contribution is -0.131. The molecule has 2 aromatic carbocycles. The number of nitrogens with zero attached hydrogens (tertiary/aromatic N) is 1. The number of carbonyl (C=O) groups is 2. The van der Waals surface area contributed by atoms with E-state index in [0.717, 1.165) is 11.1 Å². The zero-order valence-corrected chi connectivity index (χ0v) is 13.9. The number of anilines is 1. The van der Waals surface area contributed by atoms with E-state index in [1.165, 1.54) is 6.92 Å². The minimum atomic E-state index is -0.617. The van der Waals surface area contributed by atoms with Crippen LogP contribution in [0.5, 0.6) is 0 Å². The van der Waals surface area contributed by atoms with Crippen LogP contribution in [0, 0.1) is 0 Å². The molecule has 0 spiro atoms. The first kappa shape index (κ1) is 16.7. The molecule has 6 heteroatoms. The Hall–Kier alpha value is -3.15. The third-order valence-electron chi connectivity index (χ3n) is 3.81. The predicted molar refractivity (Wildman–Crippen MR) is 95.1 cm³/mol. The summed E-state index contributed by atoms with van der Waals surface area (Å²) in [5.74, 6) is -0.304. The summed E-state index contributed by atoms with van der Waals surface area (Å²) >= 11 is 0. The summed E-state index contributed by atoms with van der Waals surface area (Å²) in [5.41, 5.74) is 3.33. The summed E-state index contributed by atoms with van der Waals surface area (Å²) in [7, 11) is 0. The molecule has 2 amide bonds. The second-order valence-electron chi connectivity index (χ2n) is 5.80. The van der Waals surface area contributed by atoms with E-state index in [9.17, 15) is 9.59 Å². The minimum absolute atomic E-state index is 0.121. The molecule has 6 nitrogen and oxygen atoms in total. The molecule has 1 unspecified atom stereocenters. The van der Waals surface area contributed by atoms with Crippen LogP contribution in [0.4, 0.5) is 5.69 Å². The van der Waals surface area contributed by atoms with Crippen LogP contribution in [0.3, 0.4) is 0 Å². The van der Waals surface area contributed by atoms with Gasteiger partial charge >= 0.3 is 0 Å². The molecule has 3 rings (SSSR count). The molecule has 0 aliphatic carbocycles. The lowest BCUT2D eigenvalue weighted by Gasteiger charge is -2.09. The Bertz CT molecular complexity index is 785. The highest BCUT2D eigenvalue weighted by molar-refractivity contribution is 6.04. The van der Waals surface area contributed by atoms with Gasteiger partial charge < -0.3 is 15.5 Å². The van der Waals surface area contributed by atoms with Gasteiger partial charge in [-0.2, -0.15) is 0 Å². The molecular formula is C19H19N3O3. The second kappa shape index (κ2) is 7.61. The Labute approximate surface area is 145 Å². The largest absolute Gasteiger partial charge is 0.382 e. The monoisotopic (exact) mass is 337 g/mol. The fourth-order valence-electron chi connectivity index (χ4n) is 2.54. The number of amides is 2. The van der Waals surface area contributed by atoms with Crippen LogP contribution >= 0.6 is 0 Å². The quantitative estimate of drug-likeness (QED) is 0.879. The zero-order chi connectivity index (χ0) is 17.6. The van der Waals surface area contributed by atoms with Gasteiger partial charge in [0, 0.05) is 25.6 Å². The number of oxime groups is 1. The molecule has 0 radical (unpaired) electrons. The Balaban J connectivity index is 1.53. The van der Waals surface area contributed by atoms with E-state index in [1.807, 2.05) is 42.5 Å². The van der Waals surface area contributed by atoms with E-state index >= 15 is 0 Å². The second-order valence-corrected chi connectivity index (χ2v) is 5.80. The van der Waals surface area contributed by atoms with Gasteiger partial charge in [-0.3, -0.25) is 9.59 Å². The van der Waals surface area contributed by atoms with Gasteiger partial charge in [-0.05, 0) is 23.3 Å². The van der Waals surface area contributed by atoms with Crippen molar-refractivity contribution in [3.05, 3.63) is 65.7 Å². The standard InChI is InChI=1S/C19H19N3O3/c1-13(23)21-16-9-7-15(8-10-16)17-11-18(25-22-17)19(24)20-12-14-5-3-2-4-6-14/h2-10,18H,11-12H2,1H3,(H,20,24)(H,21,23). The molecule has 25 heavy (non-hydrogen) atoms. The van der Waals surface area contributed by atoms with E-state index in [2.05, 4.69) is 15.8 Å². The van der Waals surface area contributed by atoms with Crippen molar-refractivity contribution in [3.63, 3.8) is 0 Å². The summed E-state index contributed by atoms with van der Waals surface area (Å²) in [6.45, 7) is 1.92. The molecule has 0 saturated carbocycles. The SMILES string of the molecule is CC(=O)Nc1ccc(C2=NOC(C(=O)NCc3ccccc3)C2)cc1. The van der Waals surface area contributed by atoms with Crippen molar-refractivity contribution in [2.45, 2.75) is 26.0 Å². The number of benzene rings is 2. The van der Waals surface area contributed by atoms with Gasteiger partial charge in [0.25, 0.3) is 5.91 Å². The molecule has 0 fully saturated rings. The van der Waals surface area contributed by atoms with Crippen LogP contribution in [-0.4, -0.2) is 23.6 Å². The highest BCUT2D eigenvalue weighted by Gasteiger charge is 2.28. The van der Waals surface area contributed by atoms with E-state index in [0.29, 0.717) is 24.4 Å². The Morgan fingerprint density at radius 3 is 2.52 bits per heavy atom. The summed E-state index contributed by atoms with van der Waals surface area (Å²) < 4.78 is 0. The highest BCUT2D eigenvalue weighted by atomic mass is 16.6. The number of hydrogen-bond acceptors (Lipinski definition) is 4. The first-order valence-electron chi connectivity index (χ1n) is 8.04. The van der Waals surface area contributed by atoms with Crippen molar-refractivity contribution in [3.8, 4) is 0 Å². The third-order valence-corrected chi connectivity index (χ3v) is 3.81. The predicted octanol–water partition coefficient (Wildman–Crippen LogP) is 2.45. The molecule has 2 N–H and O–H groups in total. The lowest BCUT2D eigenvalue weighted by Crippen LogP contribution is -2.34. The fraction of sp³-hybridized carbons (Fsp3) is 0.211. The molecule has 0 aromatic heterocycles. The lowest BCUT2D eigenvalue weighted by atomic mass is 10.0. The number of carbonyl (C=O) groups excluding carboxylic acids is 2. The minimum Gasteiger partial charge on any atom is -0.382 e. The summed E-state index contributed by atoms with van der Waals surface area (Å²) in [5, 5.41) is 9.59. The Morgan fingerprint density at radius 1 is 1.12 bits per heavy atom. The fourth-order valence-corrected chi connectivity index (χ4v) is 2.54. The molecular weight excluding hydrogens is 318 g/mol. The normalized spacial score (nSPS) is 15.9. The van der Waals surface area contributed by atoms with E-state index in [4.69, 9.17) is 4.84 Å². The average Bonchev–Trinajstić information content (AvgIpc) is 3.11. The van der Waals surface area contributed by atoms with Crippen LogP contribution in [0.1, 0.15) is 24.5 Å². The summed E-state index contributed by atoms with van der Waals surface area (Å²) in [6.07, 6.45) is -0.200. The van der Waals surface area contributed by atoms with Crippen LogP contribution in [0.25, 0.3) is 0 Å². The molecule has 1 atom stereocenters. The van der Waals surface area contributed by atoms with Crippen molar-refractivity contribution in [1.29, 1.82) is 0 Å². The van der Waals surface area contributed by atoms with Gasteiger partial charge in [-0.1, -0.05) is 47.6 Å². The van der Waals surface area contributed by atoms with Crippen molar-refractivity contribution in [2.24, 2.45) is 5.16 Å². The molecule has 128 valence electrons.